The summed E-state index contributed by atoms with van der Waals surface area (Å²) in [5.74, 6) is 0.573. The zero-order valence-corrected chi connectivity index (χ0v) is 14.2. The van der Waals surface area contributed by atoms with Crippen LogP contribution in [0.25, 0.3) is 11.2 Å². The Morgan fingerprint density at radius 1 is 1.32 bits per heavy atom. The second kappa shape index (κ2) is 8.50. The molecule has 1 fully saturated rings. The number of fused-ring (bicyclic) bond motifs is 1. The van der Waals surface area contributed by atoms with Crippen LogP contribution in [0.3, 0.4) is 0 Å². The van der Waals surface area contributed by atoms with Crippen LogP contribution in [0.4, 0.5) is 5.82 Å². The third-order valence-corrected chi connectivity index (χ3v) is 4.11. The van der Waals surface area contributed by atoms with Crippen LogP contribution in [0, 0.1) is 0 Å². The minimum atomic E-state index is -0.312. The normalized spacial score (nSPS) is 21.7. The molecular weight excluding hydrogens is 328 g/mol. The summed E-state index contributed by atoms with van der Waals surface area (Å²) in [5, 5.41) is 21.5. The second-order valence-corrected chi connectivity index (χ2v) is 5.84. The molecule has 138 valence electrons. The number of nitrogens with one attached hydrogen (secondary N) is 1. The smallest absolute Gasteiger partial charge is 0.167 e. The van der Waals surface area contributed by atoms with E-state index in [1.165, 1.54) is 6.33 Å². The molecule has 0 bridgehead atoms. The number of aromatic nitrogens is 4. The van der Waals surface area contributed by atoms with E-state index in [0.29, 0.717) is 43.2 Å². The molecule has 10 nitrogen and oxygen atoms in total. The van der Waals surface area contributed by atoms with Crippen molar-refractivity contribution in [2.45, 2.75) is 12.3 Å². The molecule has 0 aliphatic carbocycles. The van der Waals surface area contributed by atoms with Crippen LogP contribution in [0.5, 0.6) is 0 Å². The molecule has 0 unspecified atom stereocenters. The van der Waals surface area contributed by atoms with E-state index in [2.05, 4.69) is 25.2 Å². The highest BCUT2D eigenvalue weighted by atomic mass is 16.5. The lowest BCUT2D eigenvalue weighted by Gasteiger charge is -2.37. The molecule has 1 aliphatic rings. The van der Waals surface area contributed by atoms with E-state index >= 15 is 0 Å². The molecule has 0 saturated carbocycles. The van der Waals surface area contributed by atoms with Gasteiger partial charge in [-0.3, -0.25) is 9.47 Å². The molecule has 3 N–H and O–H groups in total. The van der Waals surface area contributed by atoms with Crippen LogP contribution in [0.1, 0.15) is 6.23 Å². The van der Waals surface area contributed by atoms with Gasteiger partial charge in [-0.15, -0.1) is 0 Å². The molecule has 25 heavy (non-hydrogen) atoms. The Balaban J connectivity index is 1.84. The monoisotopic (exact) mass is 352 g/mol. The topological polar surface area (TPSA) is 118 Å². The summed E-state index contributed by atoms with van der Waals surface area (Å²) < 4.78 is 13.0. The number of anilines is 1. The number of ether oxygens (including phenoxy) is 2. The van der Waals surface area contributed by atoms with E-state index in [9.17, 15) is 5.11 Å². The maximum atomic E-state index is 9.54. The molecule has 2 aromatic heterocycles. The Bertz CT molecular complexity index is 681. The lowest BCUT2D eigenvalue weighted by molar-refractivity contribution is -0.135. The van der Waals surface area contributed by atoms with E-state index in [1.807, 2.05) is 4.57 Å². The first-order valence-electron chi connectivity index (χ1n) is 8.26. The molecule has 0 aromatic carbocycles. The quantitative estimate of drug-likeness (QED) is 0.554. The first-order valence-corrected chi connectivity index (χ1v) is 8.26. The van der Waals surface area contributed by atoms with Gasteiger partial charge in [0.25, 0.3) is 0 Å². The summed E-state index contributed by atoms with van der Waals surface area (Å²) >= 11 is 0. The molecule has 3 rings (SSSR count). The summed E-state index contributed by atoms with van der Waals surface area (Å²) in [5.41, 5.74) is 1.26. The number of morpholine rings is 1. The van der Waals surface area contributed by atoms with Crippen molar-refractivity contribution in [3.63, 3.8) is 0 Å². The number of hydrogen-bond donors (Lipinski definition) is 3. The van der Waals surface area contributed by atoms with Crippen molar-refractivity contribution in [3.8, 4) is 0 Å². The first-order chi connectivity index (χ1) is 12.3. The lowest BCUT2D eigenvalue weighted by Crippen LogP contribution is -2.48. The second-order valence-electron chi connectivity index (χ2n) is 5.84. The average Bonchev–Trinajstić information content (AvgIpc) is 3.09. The fourth-order valence-corrected chi connectivity index (χ4v) is 2.92. The predicted octanol–water partition coefficient (Wildman–Crippen LogP) is -0.931. The molecule has 10 heteroatoms. The van der Waals surface area contributed by atoms with Crippen molar-refractivity contribution in [1.82, 2.24) is 24.4 Å². The van der Waals surface area contributed by atoms with Crippen LogP contribution in [-0.2, 0) is 9.47 Å². The Morgan fingerprint density at radius 3 is 2.96 bits per heavy atom. The third-order valence-electron chi connectivity index (χ3n) is 4.11. The molecule has 0 radical (unpaired) electrons. The lowest BCUT2D eigenvalue weighted by atomic mass is 10.2. The van der Waals surface area contributed by atoms with Gasteiger partial charge in [0.1, 0.15) is 12.6 Å². The number of hydrogen-bond acceptors (Lipinski definition) is 9. The van der Waals surface area contributed by atoms with E-state index in [-0.39, 0.29) is 25.5 Å². The molecule has 1 saturated heterocycles. The van der Waals surface area contributed by atoms with Crippen molar-refractivity contribution in [2.75, 3.05) is 58.4 Å². The number of aliphatic hydroxyl groups is 2. The van der Waals surface area contributed by atoms with Crippen LogP contribution in [0.2, 0.25) is 0 Å². The number of methoxy groups -OCH3 is 1. The van der Waals surface area contributed by atoms with Crippen molar-refractivity contribution in [2.24, 2.45) is 0 Å². The zero-order valence-electron chi connectivity index (χ0n) is 14.2. The molecule has 0 amide bonds. The Labute approximate surface area is 145 Å². The van der Waals surface area contributed by atoms with Crippen LogP contribution in [-0.4, -0.2) is 93.8 Å². The summed E-state index contributed by atoms with van der Waals surface area (Å²) in [6, 6.07) is 0. The van der Waals surface area contributed by atoms with E-state index in [4.69, 9.17) is 14.6 Å². The molecular formula is C15H24N6O4. The molecule has 2 atom stereocenters. The Kier molecular flexibility index (Phi) is 6.10. The summed E-state index contributed by atoms with van der Waals surface area (Å²) in [7, 11) is 1.67. The van der Waals surface area contributed by atoms with Crippen LogP contribution < -0.4 is 5.32 Å². The highest BCUT2D eigenvalue weighted by Gasteiger charge is 2.29. The molecule has 2 aromatic rings. The van der Waals surface area contributed by atoms with Crippen molar-refractivity contribution >= 4 is 17.0 Å². The summed E-state index contributed by atoms with van der Waals surface area (Å²) in [6.07, 6.45) is 2.53. The van der Waals surface area contributed by atoms with Crippen molar-refractivity contribution in [3.05, 3.63) is 12.7 Å². The molecule has 3 heterocycles. The zero-order chi connectivity index (χ0) is 17.6. The first kappa shape index (κ1) is 18.0. The minimum absolute atomic E-state index is 0.00454. The average molecular weight is 352 g/mol. The highest BCUT2D eigenvalue weighted by Crippen LogP contribution is 2.25. The molecule has 0 spiro atoms. The van der Waals surface area contributed by atoms with Gasteiger partial charge in [0, 0.05) is 33.3 Å². The number of nitrogens with zero attached hydrogens (tertiary/aromatic N) is 5. The van der Waals surface area contributed by atoms with Gasteiger partial charge < -0.3 is 25.0 Å². The Hall–Kier alpha value is -1.85. The third kappa shape index (κ3) is 4.05. The van der Waals surface area contributed by atoms with Gasteiger partial charge in [0.05, 0.1) is 32.3 Å². The maximum Gasteiger partial charge on any atom is 0.167 e. The van der Waals surface area contributed by atoms with Gasteiger partial charge in [-0.2, -0.15) is 0 Å². The van der Waals surface area contributed by atoms with Gasteiger partial charge in [0.2, 0.25) is 0 Å². The van der Waals surface area contributed by atoms with Crippen molar-refractivity contribution in [1.29, 1.82) is 0 Å². The number of imidazole rings is 1. The standard InChI is InChI=1S/C15H24N6O4/c1-24-5-3-20-6-11(8-23)25-12(7-20)21-10-19-13-14(16-2-4-22)17-9-18-15(13)21/h9-12,22-23H,2-8H2,1H3,(H,16,17,18)/t11-,12+/m0/s1. The highest BCUT2D eigenvalue weighted by molar-refractivity contribution is 5.82. The predicted molar refractivity (Wildman–Crippen MR) is 90.2 cm³/mol. The number of rotatable bonds is 8. The van der Waals surface area contributed by atoms with Gasteiger partial charge in [0.15, 0.2) is 17.0 Å². The molecule has 1 aliphatic heterocycles. The van der Waals surface area contributed by atoms with Gasteiger partial charge in [-0.25, -0.2) is 15.0 Å². The van der Waals surface area contributed by atoms with E-state index < -0.39 is 0 Å². The van der Waals surface area contributed by atoms with Gasteiger partial charge in [-0.05, 0) is 0 Å². The minimum Gasteiger partial charge on any atom is -0.395 e. The van der Waals surface area contributed by atoms with Gasteiger partial charge >= 0.3 is 0 Å². The fourth-order valence-electron chi connectivity index (χ4n) is 2.92. The van der Waals surface area contributed by atoms with E-state index in [0.717, 1.165) is 6.54 Å². The van der Waals surface area contributed by atoms with Crippen LogP contribution >= 0.6 is 0 Å². The largest absolute Gasteiger partial charge is 0.395 e. The summed E-state index contributed by atoms with van der Waals surface area (Å²) in [6.45, 7) is 3.02. The van der Waals surface area contributed by atoms with Crippen LogP contribution in [0.15, 0.2) is 12.7 Å². The SMILES string of the molecule is COCCN1C[C@@H](CO)O[C@@H](n2cnc3c(NCCO)ncnc32)C1. The fraction of sp³-hybridized carbons (Fsp3) is 0.667. The Morgan fingerprint density at radius 2 is 2.20 bits per heavy atom. The van der Waals surface area contributed by atoms with E-state index in [1.54, 1.807) is 13.4 Å². The number of aliphatic hydroxyl groups excluding tert-OH is 2. The summed E-state index contributed by atoms with van der Waals surface area (Å²) in [4.78, 5) is 15.1. The van der Waals surface area contributed by atoms with Crippen molar-refractivity contribution < 1.29 is 19.7 Å². The maximum absolute atomic E-state index is 9.54. The van der Waals surface area contributed by atoms with Gasteiger partial charge in [-0.1, -0.05) is 0 Å².